The quantitative estimate of drug-likeness (QED) is 0.745. The largest absolute Gasteiger partial charge is 0.399 e. The van der Waals surface area contributed by atoms with Gasteiger partial charge in [0.05, 0.1) is 0 Å². The minimum Gasteiger partial charge on any atom is -0.399 e. The van der Waals surface area contributed by atoms with E-state index in [1.165, 1.54) is 24.8 Å². The number of nitrogens with two attached hydrogens (primary N) is 1. The molecule has 1 saturated carbocycles. The van der Waals surface area contributed by atoms with Crippen LogP contribution >= 0.6 is 0 Å². The van der Waals surface area contributed by atoms with Crippen molar-refractivity contribution in [2.75, 3.05) is 11.1 Å². The Bertz CT molecular complexity index is 362. The van der Waals surface area contributed by atoms with Crippen LogP contribution in [-0.2, 0) is 0 Å². The first kappa shape index (κ1) is 11.3. The van der Waals surface area contributed by atoms with Crippen molar-refractivity contribution < 1.29 is 0 Å². The third-order valence-corrected chi connectivity index (χ3v) is 3.70. The first-order valence-electron chi connectivity index (χ1n) is 6.11. The van der Waals surface area contributed by atoms with E-state index in [0.29, 0.717) is 11.5 Å². The van der Waals surface area contributed by atoms with Crippen LogP contribution in [-0.4, -0.2) is 6.04 Å². The first-order chi connectivity index (χ1) is 7.47. The monoisotopic (exact) mass is 218 g/mol. The third-order valence-electron chi connectivity index (χ3n) is 3.70. The number of aryl methyl sites for hydroxylation is 1. The summed E-state index contributed by atoms with van der Waals surface area (Å²) in [6, 6.07) is 6.78. The molecule has 0 spiro atoms. The van der Waals surface area contributed by atoms with E-state index in [0.717, 1.165) is 11.4 Å². The Hall–Kier alpha value is -1.18. The molecule has 0 radical (unpaired) electrons. The Morgan fingerprint density at radius 3 is 2.62 bits per heavy atom. The van der Waals surface area contributed by atoms with E-state index in [-0.39, 0.29) is 0 Å². The lowest BCUT2D eigenvalue weighted by Crippen LogP contribution is -2.30. The normalized spacial score (nSPS) is 23.3. The predicted octanol–water partition coefficient (Wildman–Crippen LogP) is 3.57. The molecule has 88 valence electrons. The molecule has 1 aromatic rings. The molecule has 1 fully saturated rings. The Morgan fingerprint density at radius 1 is 1.31 bits per heavy atom. The molecule has 2 nitrogen and oxygen atoms in total. The van der Waals surface area contributed by atoms with Crippen LogP contribution in [0, 0.1) is 12.3 Å². The van der Waals surface area contributed by atoms with Crippen LogP contribution in [0.4, 0.5) is 11.4 Å². The van der Waals surface area contributed by atoms with Crippen molar-refractivity contribution in [3.63, 3.8) is 0 Å². The minimum absolute atomic E-state index is 0.401. The maximum Gasteiger partial charge on any atom is 0.0365 e. The van der Waals surface area contributed by atoms with Gasteiger partial charge in [-0.05, 0) is 48.9 Å². The van der Waals surface area contributed by atoms with E-state index in [9.17, 15) is 0 Å². The fourth-order valence-corrected chi connectivity index (χ4v) is 2.69. The van der Waals surface area contributed by atoms with Gasteiger partial charge in [-0.15, -0.1) is 0 Å². The highest BCUT2D eigenvalue weighted by atomic mass is 14.9. The van der Waals surface area contributed by atoms with Gasteiger partial charge in [-0.2, -0.15) is 0 Å². The van der Waals surface area contributed by atoms with E-state index in [4.69, 9.17) is 5.73 Å². The van der Waals surface area contributed by atoms with Crippen molar-refractivity contribution in [3.05, 3.63) is 23.8 Å². The maximum atomic E-state index is 5.86. The Balaban J connectivity index is 2.14. The molecule has 0 aromatic heterocycles. The molecule has 1 aromatic carbocycles. The third kappa shape index (κ3) is 2.31. The van der Waals surface area contributed by atoms with Gasteiger partial charge in [-0.3, -0.25) is 0 Å². The van der Waals surface area contributed by atoms with Crippen molar-refractivity contribution in [1.29, 1.82) is 0 Å². The molecule has 2 rings (SSSR count). The van der Waals surface area contributed by atoms with Crippen LogP contribution in [0.15, 0.2) is 18.2 Å². The molecule has 1 aliphatic rings. The molecule has 1 aliphatic carbocycles. The van der Waals surface area contributed by atoms with Gasteiger partial charge in [0.2, 0.25) is 0 Å². The number of rotatable bonds is 2. The lowest BCUT2D eigenvalue weighted by Gasteiger charge is -2.29. The molecule has 0 aliphatic heterocycles. The van der Waals surface area contributed by atoms with Crippen molar-refractivity contribution >= 4 is 11.4 Å². The van der Waals surface area contributed by atoms with E-state index in [1.807, 2.05) is 12.1 Å². The van der Waals surface area contributed by atoms with Gasteiger partial charge in [0.1, 0.15) is 0 Å². The summed E-state index contributed by atoms with van der Waals surface area (Å²) in [6.07, 6.45) is 3.90. The Morgan fingerprint density at radius 2 is 2.06 bits per heavy atom. The second-order valence-corrected chi connectivity index (χ2v) is 5.71. The zero-order valence-corrected chi connectivity index (χ0v) is 10.5. The van der Waals surface area contributed by atoms with Crippen molar-refractivity contribution in [3.8, 4) is 0 Å². The SMILES string of the molecule is Cc1cc(N)cc(NC2CCCC2(C)C)c1. The predicted molar refractivity (Wildman–Crippen MR) is 70.6 cm³/mol. The molecule has 1 atom stereocenters. The number of hydrogen-bond acceptors (Lipinski definition) is 2. The average Bonchev–Trinajstić information content (AvgIpc) is 2.44. The van der Waals surface area contributed by atoms with Crippen LogP contribution in [0.2, 0.25) is 0 Å². The lowest BCUT2D eigenvalue weighted by atomic mass is 9.87. The highest BCUT2D eigenvalue weighted by Gasteiger charge is 2.34. The van der Waals surface area contributed by atoms with Crippen molar-refractivity contribution in [2.45, 2.75) is 46.1 Å². The summed E-state index contributed by atoms with van der Waals surface area (Å²) in [4.78, 5) is 0. The molecular formula is C14H22N2. The summed E-state index contributed by atoms with van der Waals surface area (Å²) >= 11 is 0. The van der Waals surface area contributed by atoms with Crippen molar-refractivity contribution in [1.82, 2.24) is 0 Å². The first-order valence-corrected chi connectivity index (χ1v) is 6.11. The standard InChI is InChI=1S/C14H22N2/c1-10-7-11(15)9-12(8-10)16-13-5-4-6-14(13,2)3/h7-9,13,16H,4-6,15H2,1-3H3. The fraction of sp³-hybridized carbons (Fsp3) is 0.571. The number of anilines is 2. The molecule has 0 heterocycles. The molecule has 0 bridgehead atoms. The molecule has 0 amide bonds. The smallest absolute Gasteiger partial charge is 0.0365 e. The van der Waals surface area contributed by atoms with Crippen LogP contribution in [0.5, 0.6) is 0 Å². The number of hydrogen-bond donors (Lipinski definition) is 2. The molecular weight excluding hydrogens is 196 g/mol. The highest BCUT2D eigenvalue weighted by molar-refractivity contribution is 5.57. The summed E-state index contributed by atoms with van der Waals surface area (Å²) < 4.78 is 0. The second kappa shape index (κ2) is 4.00. The Labute approximate surface area is 98.2 Å². The topological polar surface area (TPSA) is 38.0 Å². The van der Waals surface area contributed by atoms with Gasteiger partial charge in [-0.1, -0.05) is 20.3 Å². The summed E-state index contributed by atoms with van der Waals surface area (Å²) in [5.74, 6) is 0. The summed E-state index contributed by atoms with van der Waals surface area (Å²) in [5.41, 5.74) is 9.49. The van der Waals surface area contributed by atoms with E-state index in [1.54, 1.807) is 0 Å². The zero-order valence-electron chi connectivity index (χ0n) is 10.5. The number of nitrogen functional groups attached to an aromatic ring is 1. The molecule has 3 N–H and O–H groups in total. The van der Waals surface area contributed by atoms with Gasteiger partial charge >= 0.3 is 0 Å². The van der Waals surface area contributed by atoms with Gasteiger partial charge in [0.25, 0.3) is 0 Å². The molecule has 16 heavy (non-hydrogen) atoms. The minimum atomic E-state index is 0.401. The lowest BCUT2D eigenvalue weighted by molar-refractivity contribution is 0.350. The van der Waals surface area contributed by atoms with Gasteiger partial charge < -0.3 is 11.1 Å². The summed E-state index contributed by atoms with van der Waals surface area (Å²) in [5, 5.41) is 3.63. The fourth-order valence-electron chi connectivity index (χ4n) is 2.69. The average molecular weight is 218 g/mol. The van der Waals surface area contributed by atoms with E-state index >= 15 is 0 Å². The van der Waals surface area contributed by atoms with Gasteiger partial charge in [0.15, 0.2) is 0 Å². The number of benzene rings is 1. The second-order valence-electron chi connectivity index (χ2n) is 5.71. The summed E-state index contributed by atoms with van der Waals surface area (Å²) in [7, 11) is 0. The Kier molecular flexibility index (Phi) is 2.83. The van der Waals surface area contributed by atoms with E-state index < -0.39 is 0 Å². The molecule has 1 unspecified atom stereocenters. The number of nitrogens with one attached hydrogen (secondary N) is 1. The van der Waals surface area contributed by atoms with Crippen molar-refractivity contribution in [2.24, 2.45) is 5.41 Å². The van der Waals surface area contributed by atoms with Crippen LogP contribution in [0.25, 0.3) is 0 Å². The van der Waals surface area contributed by atoms with E-state index in [2.05, 4.69) is 32.2 Å². The highest BCUT2D eigenvalue weighted by Crippen LogP contribution is 2.39. The maximum absolute atomic E-state index is 5.86. The molecule has 0 saturated heterocycles. The van der Waals surface area contributed by atoms with Crippen LogP contribution < -0.4 is 11.1 Å². The summed E-state index contributed by atoms with van der Waals surface area (Å²) in [6.45, 7) is 6.77. The van der Waals surface area contributed by atoms with Crippen LogP contribution in [0.1, 0.15) is 38.7 Å². The van der Waals surface area contributed by atoms with Gasteiger partial charge in [0, 0.05) is 17.4 Å². The van der Waals surface area contributed by atoms with Gasteiger partial charge in [-0.25, -0.2) is 0 Å². The zero-order chi connectivity index (χ0) is 11.8. The van der Waals surface area contributed by atoms with Crippen LogP contribution in [0.3, 0.4) is 0 Å². The molecule has 2 heteroatoms.